The fraction of sp³-hybridized carbons (Fsp3) is 0.500. The van der Waals surface area contributed by atoms with Crippen LogP contribution in [-0.4, -0.2) is 33.7 Å². The summed E-state index contributed by atoms with van der Waals surface area (Å²) in [6.07, 6.45) is -2.81. The Labute approximate surface area is 97.0 Å². The molecule has 1 heterocycles. The van der Waals surface area contributed by atoms with E-state index < -0.39 is 50.9 Å². The van der Waals surface area contributed by atoms with Gasteiger partial charge in [0, 0.05) is 28.3 Å². The molecule has 0 aliphatic carbocycles. The Hall–Kier alpha value is -1.14. The van der Waals surface area contributed by atoms with Gasteiger partial charge in [0.05, 0.1) is 9.30 Å². The van der Waals surface area contributed by atoms with Gasteiger partial charge in [-0.25, -0.2) is 9.97 Å². The van der Waals surface area contributed by atoms with Crippen molar-refractivity contribution in [3.8, 4) is 6.01 Å². The Bertz CT molecular complexity index is 603. The lowest BCUT2D eigenvalue weighted by Gasteiger charge is -2.06. The number of hydrogen-bond donors (Lipinski definition) is 2. The molecule has 5 nitrogen and oxygen atoms in total. The third-order valence-corrected chi connectivity index (χ3v) is 1.27. The minimum Gasteiger partial charge on any atom is -0.463 e. The van der Waals surface area contributed by atoms with Crippen molar-refractivity contribution in [1.82, 2.24) is 9.97 Å². The Kier molecular flexibility index (Phi) is 1.22. The quantitative estimate of drug-likeness (QED) is 0.634. The van der Waals surface area contributed by atoms with Crippen molar-refractivity contribution in [2.45, 2.75) is 20.1 Å². The summed E-state index contributed by atoms with van der Waals surface area (Å²) in [5, 5.41) is 18.2. The number of aromatic nitrogens is 2. The molecule has 0 unspecified atom stereocenters. The second kappa shape index (κ2) is 4.92. The van der Waals surface area contributed by atoms with E-state index in [4.69, 9.17) is 23.8 Å². The van der Waals surface area contributed by atoms with Crippen LogP contribution in [0, 0.1) is 6.85 Å². The molecule has 0 saturated heterocycles. The van der Waals surface area contributed by atoms with Gasteiger partial charge >= 0.3 is 13.1 Å². The van der Waals surface area contributed by atoms with E-state index in [0.717, 1.165) is 0 Å². The predicted octanol–water partition coefficient (Wildman–Crippen LogP) is -0.746. The highest BCUT2D eigenvalue weighted by Crippen LogP contribution is 2.01. The van der Waals surface area contributed by atoms with E-state index in [1.807, 2.05) is 0 Å². The van der Waals surface area contributed by atoms with Gasteiger partial charge in [-0.3, -0.25) is 0 Å². The van der Waals surface area contributed by atoms with Gasteiger partial charge in [-0.2, -0.15) is 0 Å². The summed E-state index contributed by atoms with van der Waals surface area (Å²) in [6.45, 7) is -9.75. The van der Waals surface area contributed by atoms with Crippen LogP contribution in [0.5, 0.6) is 6.01 Å². The van der Waals surface area contributed by atoms with E-state index in [9.17, 15) is 0 Å². The van der Waals surface area contributed by atoms with E-state index >= 15 is 0 Å². The van der Waals surface area contributed by atoms with Crippen LogP contribution in [0.15, 0.2) is 6.20 Å². The number of ether oxygens (including phenoxy) is 1. The lowest BCUT2D eigenvalue weighted by molar-refractivity contribution is 0.291. The molecule has 76 valence electrons. The van der Waals surface area contributed by atoms with Crippen molar-refractivity contribution >= 4 is 12.6 Å². The molecule has 1 aromatic rings. The SMILES string of the molecule is [2H]C([2H])([2H])c1nc(OC([2H])([2H])C([2H])([2H])C([2H])([2H])[2H])ncc1B(O)O. The first-order valence-corrected chi connectivity index (χ1v) is 3.43. The van der Waals surface area contributed by atoms with E-state index in [2.05, 4.69) is 14.7 Å². The number of hydrogen-bond acceptors (Lipinski definition) is 5. The van der Waals surface area contributed by atoms with Crippen molar-refractivity contribution < 1.29 is 28.5 Å². The molecule has 0 bridgehead atoms. The molecule has 0 aromatic carbocycles. The van der Waals surface area contributed by atoms with Gasteiger partial charge in [0.1, 0.15) is 0 Å². The maximum atomic E-state index is 9.10. The predicted molar refractivity (Wildman–Crippen MR) is 52.4 cm³/mol. The Morgan fingerprint density at radius 3 is 3.21 bits per heavy atom. The Morgan fingerprint density at radius 1 is 1.71 bits per heavy atom. The molecular weight excluding hydrogens is 183 g/mol. The highest BCUT2D eigenvalue weighted by atomic mass is 16.5. The van der Waals surface area contributed by atoms with Crippen LogP contribution in [0.4, 0.5) is 0 Å². The summed E-state index contributed by atoms with van der Waals surface area (Å²) in [5.41, 5.74) is -1.44. The van der Waals surface area contributed by atoms with E-state index in [1.165, 1.54) is 0 Å². The normalized spacial score (nSPS) is 24.4. The van der Waals surface area contributed by atoms with Gasteiger partial charge in [-0.05, 0) is 13.2 Å². The van der Waals surface area contributed by atoms with Gasteiger partial charge in [0.25, 0.3) is 0 Å². The molecule has 0 aliphatic heterocycles. The third-order valence-electron chi connectivity index (χ3n) is 1.27. The van der Waals surface area contributed by atoms with Crippen LogP contribution in [0.1, 0.15) is 32.6 Å². The first-order valence-electron chi connectivity index (χ1n) is 8.43. The largest absolute Gasteiger partial charge is 0.491 e. The molecule has 1 rings (SSSR count). The van der Waals surface area contributed by atoms with Crippen molar-refractivity contribution in [2.24, 2.45) is 0 Å². The average molecular weight is 206 g/mol. The van der Waals surface area contributed by atoms with E-state index in [0.29, 0.717) is 6.20 Å². The highest BCUT2D eigenvalue weighted by molar-refractivity contribution is 6.58. The van der Waals surface area contributed by atoms with Gasteiger partial charge in [-0.15, -0.1) is 0 Å². The molecular formula is C8H13BN2O3. The maximum absolute atomic E-state index is 9.10. The molecule has 2 N–H and O–H groups in total. The van der Waals surface area contributed by atoms with Gasteiger partial charge < -0.3 is 14.8 Å². The zero-order chi connectivity index (χ0) is 19.1. The smallest absolute Gasteiger partial charge is 0.463 e. The van der Waals surface area contributed by atoms with Crippen LogP contribution < -0.4 is 10.2 Å². The lowest BCUT2D eigenvalue weighted by atomic mass is 9.80. The van der Waals surface area contributed by atoms with Gasteiger partial charge in [0.15, 0.2) is 0 Å². The summed E-state index contributed by atoms with van der Waals surface area (Å²) in [5.74, 6) is 0. The standard InChI is InChI=1S/C8H13BN2O3/c1-3-4-14-8-10-5-7(9(12)13)6(2)11-8/h5,12-13H,3-4H2,1-2H3/i1D3,2D3,3D2,4D2. The second-order valence-corrected chi connectivity index (χ2v) is 2.16. The van der Waals surface area contributed by atoms with Crippen molar-refractivity contribution in [1.29, 1.82) is 0 Å². The maximum Gasteiger partial charge on any atom is 0.491 e. The average Bonchev–Trinajstić information content (AvgIpc) is 2.35. The topological polar surface area (TPSA) is 75.5 Å². The molecule has 0 radical (unpaired) electrons. The van der Waals surface area contributed by atoms with Gasteiger partial charge in [-0.1, -0.05) is 6.85 Å². The zero-order valence-corrected chi connectivity index (χ0v) is 6.85. The number of nitrogens with zero attached hydrogens (tertiary/aromatic N) is 2. The molecule has 0 aliphatic rings. The van der Waals surface area contributed by atoms with Crippen LogP contribution in [0.2, 0.25) is 0 Å². The second-order valence-electron chi connectivity index (χ2n) is 2.16. The molecule has 0 spiro atoms. The Morgan fingerprint density at radius 2 is 2.57 bits per heavy atom. The Balaban J connectivity index is 3.30. The highest BCUT2D eigenvalue weighted by Gasteiger charge is 2.16. The number of aryl methyl sites for hydroxylation is 1. The first-order chi connectivity index (χ1) is 10.5. The van der Waals surface area contributed by atoms with Gasteiger partial charge in [0.2, 0.25) is 0 Å². The summed E-state index contributed by atoms with van der Waals surface area (Å²) < 4.78 is 77.1. The minimum absolute atomic E-state index is 0.582. The molecule has 0 amide bonds. The third kappa shape index (κ3) is 2.68. The summed E-state index contributed by atoms with van der Waals surface area (Å²) in [6, 6.07) is -0.969. The molecule has 0 fully saturated rings. The fourth-order valence-electron chi connectivity index (χ4n) is 0.684. The molecule has 0 atom stereocenters. The van der Waals surface area contributed by atoms with Crippen LogP contribution in [0.3, 0.4) is 0 Å². The van der Waals surface area contributed by atoms with Crippen LogP contribution >= 0.6 is 0 Å². The number of rotatable bonds is 4. The van der Waals surface area contributed by atoms with Crippen LogP contribution in [-0.2, 0) is 0 Å². The molecule has 0 saturated carbocycles. The van der Waals surface area contributed by atoms with Crippen molar-refractivity contribution in [3.05, 3.63) is 11.9 Å². The lowest BCUT2D eigenvalue weighted by Crippen LogP contribution is -2.33. The van der Waals surface area contributed by atoms with E-state index in [1.54, 1.807) is 0 Å². The van der Waals surface area contributed by atoms with Crippen molar-refractivity contribution in [2.75, 3.05) is 6.56 Å². The molecule has 6 heteroatoms. The zero-order valence-electron chi connectivity index (χ0n) is 16.9. The fourth-order valence-corrected chi connectivity index (χ4v) is 0.684. The molecule has 1 aromatic heterocycles. The summed E-state index contributed by atoms with van der Waals surface area (Å²) >= 11 is 0. The minimum atomic E-state index is -3.46. The van der Waals surface area contributed by atoms with E-state index in [-0.39, 0.29) is 0 Å². The molecule has 14 heavy (non-hydrogen) atoms. The van der Waals surface area contributed by atoms with Crippen molar-refractivity contribution in [3.63, 3.8) is 0 Å². The first kappa shape index (κ1) is 3.46. The monoisotopic (exact) mass is 206 g/mol. The summed E-state index contributed by atoms with van der Waals surface area (Å²) in [4.78, 5) is 6.70. The van der Waals surface area contributed by atoms with Crippen LogP contribution in [0.25, 0.3) is 0 Å². The summed E-state index contributed by atoms with van der Waals surface area (Å²) in [7, 11) is -2.22.